The molecule has 1 aromatic rings. The van der Waals surface area contributed by atoms with Gasteiger partial charge in [0.1, 0.15) is 12.0 Å². The predicted octanol–water partition coefficient (Wildman–Crippen LogP) is 2.19. The average molecular weight is 256 g/mol. The van der Waals surface area contributed by atoms with Gasteiger partial charge in [0, 0.05) is 5.56 Å². The van der Waals surface area contributed by atoms with Crippen molar-refractivity contribution < 1.29 is 14.3 Å². The Kier molecular flexibility index (Phi) is 4.97. The van der Waals surface area contributed by atoms with Gasteiger partial charge in [-0.25, -0.2) is 0 Å². The molecular formula is C12H14ClNO3. The number of ether oxygens (including phenoxy) is 1. The van der Waals surface area contributed by atoms with Gasteiger partial charge in [-0.3, -0.25) is 9.59 Å². The molecule has 5 heteroatoms. The van der Waals surface area contributed by atoms with Crippen LogP contribution in [0.5, 0.6) is 5.75 Å². The summed E-state index contributed by atoms with van der Waals surface area (Å²) in [6.45, 7) is 1.93. The first-order valence-electron chi connectivity index (χ1n) is 5.29. The van der Waals surface area contributed by atoms with E-state index in [1.165, 1.54) is 6.07 Å². The highest BCUT2D eigenvalue weighted by Crippen LogP contribution is 2.26. The fourth-order valence-electron chi connectivity index (χ4n) is 1.36. The third kappa shape index (κ3) is 3.75. The van der Waals surface area contributed by atoms with Gasteiger partial charge in [-0.1, -0.05) is 24.9 Å². The van der Waals surface area contributed by atoms with Gasteiger partial charge in [-0.05, 0) is 24.6 Å². The number of nitrogens with two attached hydrogens (primary N) is 1. The lowest BCUT2D eigenvalue weighted by Gasteiger charge is -2.16. The second kappa shape index (κ2) is 6.25. The van der Waals surface area contributed by atoms with Crippen LogP contribution in [0.1, 0.15) is 30.1 Å². The van der Waals surface area contributed by atoms with E-state index in [9.17, 15) is 9.59 Å². The van der Waals surface area contributed by atoms with Crippen LogP contribution in [0.3, 0.4) is 0 Å². The van der Waals surface area contributed by atoms with Crippen LogP contribution in [-0.4, -0.2) is 18.3 Å². The molecule has 4 nitrogen and oxygen atoms in total. The summed E-state index contributed by atoms with van der Waals surface area (Å²) in [6, 6.07) is 4.60. The summed E-state index contributed by atoms with van der Waals surface area (Å²) in [4.78, 5) is 21.7. The molecule has 0 saturated heterocycles. The van der Waals surface area contributed by atoms with Crippen molar-refractivity contribution in [3.05, 3.63) is 28.8 Å². The van der Waals surface area contributed by atoms with E-state index < -0.39 is 12.0 Å². The van der Waals surface area contributed by atoms with Gasteiger partial charge in [0.05, 0.1) is 5.02 Å². The van der Waals surface area contributed by atoms with Gasteiger partial charge in [-0.2, -0.15) is 0 Å². The molecule has 0 fully saturated rings. The Bertz CT molecular complexity index is 420. The Hall–Kier alpha value is -1.55. The summed E-state index contributed by atoms with van der Waals surface area (Å²) in [5.74, 6) is -0.170. The lowest BCUT2D eigenvalue weighted by molar-refractivity contribution is -0.125. The molecule has 1 aromatic carbocycles. The van der Waals surface area contributed by atoms with Crippen molar-refractivity contribution in [2.45, 2.75) is 25.9 Å². The first-order chi connectivity index (χ1) is 8.08. The highest BCUT2D eigenvalue weighted by atomic mass is 35.5. The van der Waals surface area contributed by atoms with Crippen molar-refractivity contribution in [2.75, 3.05) is 0 Å². The number of rotatable bonds is 6. The molecule has 0 saturated carbocycles. The Balaban J connectivity index is 2.85. The largest absolute Gasteiger partial charge is 0.479 e. The third-order valence-corrected chi connectivity index (χ3v) is 2.52. The lowest BCUT2D eigenvalue weighted by Crippen LogP contribution is -2.33. The molecule has 0 aliphatic carbocycles. The molecule has 1 unspecified atom stereocenters. The zero-order chi connectivity index (χ0) is 12.8. The zero-order valence-electron chi connectivity index (χ0n) is 9.48. The van der Waals surface area contributed by atoms with Crippen LogP contribution in [0.4, 0.5) is 0 Å². The van der Waals surface area contributed by atoms with Gasteiger partial charge in [0.2, 0.25) is 0 Å². The Morgan fingerprint density at radius 1 is 1.59 bits per heavy atom. The molecule has 17 heavy (non-hydrogen) atoms. The summed E-state index contributed by atoms with van der Waals surface area (Å²) in [5, 5.41) is 0.289. The van der Waals surface area contributed by atoms with Crippen LogP contribution >= 0.6 is 11.6 Å². The Morgan fingerprint density at radius 2 is 2.29 bits per heavy atom. The maximum Gasteiger partial charge on any atom is 0.258 e. The second-order valence-electron chi connectivity index (χ2n) is 3.61. The highest BCUT2D eigenvalue weighted by molar-refractivity contribution is 6.32. The molecule has 1 amide bonds. The molecule has 1 rings (SSSR count). The third-order valence-electron chi connectivity index (χ3n) is 2.23. The van der Waals surface area contributed by atoms with Gasteiger partial charge >= 0.3 is 0 Å². The first kappa shape index (κ1) is 13.5. The summed E-state index contributed by atoms with van der Waals surface area (Å²) in [6.07, 6.45) is 1.30. The minimum absolute atomic E-state index is 0.289. The van der Waals surface area contributed by atoms with E-state index in [0.29, 0.717) is 24.0 Å². The fourth-order valence-corrected chi connectivity index (χ4v) is 1.59. The van der Waals surface area contributed by atoms with Crippen molar-refractivity contribution in [3.8, 4) is 5.75 Å². The van der Waals surface area contributed by atoms with Crippen LogP contribution in [0.15, 0.2) is 18.2 Å². The topological polar surface area (TPSA) is 69.4 Å². The number of halogens is 1. The molecule has 1 atom stereocenters. The molecule has 0 radical (unpaired) electrons. The van der Waals surface area contributed by atoms with Gasteiger partial charge in [0.15, 0.2) is 6.10 Å². The van der Waals surface area contributed by atoms with Crippen LogP contribution in [0.2, 0.25) is 5.02 Å². The van der Waals surface area contributed by atoms with E-state index in [4.69, 9.17) is 22.1 Å². The number of primary amides is 1. The van der Waals surface area contributed by atoms with Crippen molar-refractivity contribution in [1.29, 1.82) is 0 Å². The smallest absolute Gasteiger partial charge is 0.258 e. The molecule has 0 bridgehead atoms. The standard InChI is InChI=1S/C12H14ClNO3/c1-2-3-11(12(14)16)17-10-5-4-8(7-15)6-9(10)13/h4-7,11H,2-3H2,1H3,(H2,14,16). The summed E-state index contributed by atoms with van der Waals surface area (Å²) in [7, 11) is 0. The van der Waals surface area contributed by atoms with Gasteiger partial charge < -0.3 is 10.5 Å². The van der Waals surface area contributed by atoms with Crippen LogP contribution in [0.25, 0.3) is 0 Å². The molecule has 2 N–H and O–H groups in total. The van der Waals surface area contributed by atoms with Crippen LogP contribution < -0.4 is 10.5 Å². The van der Waals surface area contributed by atoms with E-state index in [2.05, 4.69) is 0 Å². The summed E-state index contributed by atoms with van der Waals surface area (Å²) in [5.41, 5.74) is 5.67. The molecule has 0 spiro atoms. The highest BCUT2D eigenvalue weighted by Gasteiger charge is 2.17. The fraction of sp³-hybridized carbons (Fsp3) is 0.333. The Morgan fingerprint density at radius 3 is 2.76 bits per heavy atom. The summed E-state index contributed by atoms with van der Waals surface area (Å²) >= 11 is 5.92. The lowest BCUT2D eigenvalue weighted by atomic mass is 10.2. The normalized spacial score (nSPS) is 11.9. The second-order valence-corrected chi connectivity index (χ2v) is 4.01. The predicted molar refractivity (Wildman–Crippen MR) is 65.4 cm³/mol. The van der Waals surface area contributed by atoms with Crippen molar-refractivity contribution in [2.24, 2.45) is 5.73 Å². The van der Waals surface area contributed by atoms with Crippen LogP contribution in [0, 0.1) is 0 Å². The average Bonchev–Trinajstić information content (AvgIpc) is 2.30. The number of benzene rings is 1. The van der Waals surface area contributed by atoms with Crippen LogP contribution in [-0.2, 0) is 4.79 Å². The summed E-state index contributed by atoms with van der Waals surface area (Å²) < 4.78 is 5.42. The quantitative estimate of drug-likeness (QED) is 0.792. The van der Waals surface area contributed by atoms with Crippen molar-refractivity contribution in [3.63, 3.8) is 0 Å². The molecule has 0 heterocycles. The first-order valence-corrected chi connectivity index (χ1v) is 5.67. The minimum Gasteiger partial charge on any atom is -0.479 e. The maximum absolute atomic E-state index is 11.1. The van der Waals surface area contributed by atoms with Crippen molar-refractivity contribution >= 4 is 23.8 Å². The number of hydrogen-bond acceptors (Lipinski definition) is 3. The van der Waals surface area contributed by atoms with E-state index in [-0.39, 0.29) is 5.02 Å². The monoisotopic (exact) mass is 255 g/mol. The van der Waals surface area contributed by atoms with E-state index in [1.807, 2.05) is 6.92 Å². The maximum atomic E-state index is 11.1. The number of carbonyl (C=O) groups is 2. The van der Waals surface area contributed by atoms with E-state index >= 15 is 0 Å². The zero-order valence-corrected chi connectivity index (χ0v) is 10.2. The molecular weight excluding hydrogens is 242 g/mol. The van der Waals surface area contributed by atoms with Crippen molar-refractivity contribution in [1.82, 2.24) is 0 Å². The van der Waals surface area contributed by atoms with E-state index in [1.54, 1.807) is 12.1 Å². The minimum atomic E-state index is -0.695. The van der Waals surface area contributed by atoms with E-state index in [0.717, 1.165) is 6.42 Å². The molecule has 0 aliphatic heterocycles. The number of aldehydes is 1. The molecule has 0 aliphatic rings. The SMILES string of the molecule is CCCC(Oc1ccc(C=O)cc1Cl)C(N)=O. The number of amides is 1. The molecule has 0 aromatic heterocycles. The number of carbonyl (C=O) groups excluding carboxylic acids is 2. The molecule has 92 valence electrons. The van der Waals surface area contributed by atoms with Gasteiger partial charge in [-0.15, -0.1) is 0 Å². The number of hydrogen-bond donors (Lipinski definition) is 1. The van der Waals surface area contributed by atoms with Gasteiger partial charge in [0.25, 0.3) is 5.91 Å². The Labute approximate surface area is 105 Å².